The molecule has 0 aromatic rings. The van der Waals surface area contributed by atoms with Crippen LogP contribution in [-0.4, -0.2) is 35.5 Å². The molecule has 2 fully saturated rings. The maximum Gasteiger partial charge on any atom is 0.255 e. The van der Waals surface area contributed by atoms with Crippen molar-refractivity contribution in [1.29, 1.82) is 0 Å². The van der Waals surface area contributed by atoms with Crippen molar-refractivity contribution < 1.29 is 13.6 Å². The van der Waals surface area contributed by atoms with E-state index in [-0.39, 0.29) is 12.1 Å². The summed E-state index contributed by atoms with van der Waals surface area (Å²) in [5, 5.41) is 3.35. The van der Waals surface area contributed by atoms with E-state index in [1.165, 1.54) is 4.90 Å². The van der Waals surface area contributed by atoms with Crippen LogP contribution in [0.3, 0.4) is 0 Å². The quantitative estimate of drug-likeness (QED) is 0.841. The average molecular weight is 260 g/mol. The molecule has 1 amide bonds. The Labute approximate surface area is 107 Å². The number of carbonyl (C=O) groups is 1. The SMILES string of the molecule is CC(C)CC1NC2(CCCC2)C(=O)N1CC(F)F. The highest BCUT2D eigenvalue weighted by Crippen LogP contribution is 2.37. The van der Waals surface area contributed by atoms with E-state index < -0.39 is 18.5 Å². The van der Waals surface area contributed by atoms with Crippen LogP contribution < -0.4 is 5.32 Å². The molecule has 1 atom stereocenters. The van der Waals surface area contributed by atoms with E-state index in [2.05, 4.69) is 5.32 Å². The van der Waals surface area contributed by atoms with Crippen molar-refractivity contribution in [3.8, 4) is 0 Å². The van der Waals surface area contributed by atoms with E-state index in [1.54, 1.807) is 0 Å². The summed E-state index contributed by atoms with van der Waals surface area (Å²) in [6.45, 7) is 3.66. The Hall–Kier alpha value is -0.710. The molecule has 1 N–H and O–H groups in total. The predicted octanol–water partition coefficient (Wildman–Crippen LogP) is 2.37. The van der Waals surface area contributed by atoms with Crippen LogP contribution in [0.25, 0.3) is 0 Å². The molecule has 1 aliphatic heterocycles. The number of hydrogen-bond acceptors (Lipinski definition) is 2. The fourth-order valence-corrected chi connectivity index (χ4v) is 3.20. The molecular formula is C13H22F2N2O. The molecule has 1 spiro atoms. The van der Waals surface area contributed by atoms with E-state index in [9.17, 15) is 13.6 Å². The Morgan fingerprint density at radius 2 is 2.00 bits per heavy atom. The number of alkyl halides is 2. The molecule has 0 radical (unpaired) electrons. The van der Waals surface area contributed by atoms with Crippen molar-refractivity contribution in [2.45, 2.75) is 64.1 Å². The zero-order valence-corrected chi connectivity index (χ0v) is 11.1. The lowest BCUT2D eigenvalue weighted by Crippen LogP contribution is -2.44. The van der Waals surface area contributed by atoms with Gasteiger partial charge in [-0.25, -0.2) is 8.78 Å². The van der Waals surface area contributed by atoms with E-state index in [1.807, 2.05) is 13.8 Å². The second-order valence-electron chi connectivity index (χ2n) is 5.93. The van der Waals surface area contributed by atoms with E-state index in [4.69, 9.17) is 0 Å². The van der Waals surface area contributed by atoms with Gasteiger partial charge in [0.1, 0.15) is 0 Å². The van der Waals surface area contributed by atoms with E-state index in [0.29, 0.717) is 5.92 Å². The van der Waals surface area contributed by atoms with Gasteiger partial charge in [-0.15, -0.1) is 0 Å². The molecule has 0 bridgehead atoms. The highest BCUT2D eigenvalue weighted by molar-refractivity contribution is 5.89. The first kappa shape index (κ1) is 13.7. The highest BCUT2D eigenvalue weighted by Gasteiger charge is 2.52. The molecule has 1 aliphatic carbocycles. The van der Waals surface area contributed by atoms with Crippen LogP contribution in [0.5, 0.6) is 0 Å². The largest absolute Gasteiger partial charge is 0.320 e. The number of nitrogens with one attached hydrogen (secondary N) is 1. The summed E-state index contributed by atoms with van der Waals surface area (Å²) in [4.78, 5) is 13.8. The lowest BCUT2D eigenvalue weighted by atomic mass is 9.98. The maximum atomic E-state index is 12.6. The molecule has 1 unspecified atom stereocenters. The average Bonchev–Trinajstić information content (AvgIpc) is 2.80. The summed E-state index contributed by atoms with van der Waals surface area (Å²) in [7, 11) is 0. The Bertz CT molecular complexity index is 314. The third-order valence-corrected chi connectivity index (χ3v) is 3.98. The lowest BCUT2D eigenvalue weighted by molar-refractivity contribution is -0.135. The van der Waals surface area contributed by atoms with Crippen LogP contribution in [0, 0.1) is 5.92 Å². The topological polar surface area (TPSA) is 32.3 Å². The van der Waals surface area contributed by atoms with E-state index in [0.717, 1.165) is 32.1 Å². The second kappa shape index (κ2) is 5.11. The normalized spacial score (nSPS) is 27.1. The van der Waals surface area contributed by atoms with Crippen LogP contribution in [0.1, 0.15) is 46.0 Å². The van der Waals surface area contributed by atoms with E-state index >= 15 is 0 Å². The monoisotopic (exact) mass is 260 g/mol. The van der Waals surface area contributed by atoms with Gasteiger partial charge in [-0.1, -0.05) is 26.7 Å². The fourth-order valence-electron chi connectivity index (χ4n) is 3.20. The molecule has 3 nitrogen and oxygen atoms in total. The number of carbonyl (C=O) groups excluding carboxylic acids is 1. The van der Waals surface area contributed by atoms with Gasteiger partial charge in [-0.3, -0.25) is 10.1 Å². The van der Waals surface area contributed by atoms with Gasteiger partial charge >= 0.3 is 0 Å². The van der Waals surface area contributed by atoms with Gasteiger partial charge < -0.3 is 4.90 Å². The first-order valence-corrected chi connectivity index (χ1v) is 6.81. The minimum atomic E-state index is -2.46. The van der Waals surface area contributed by atoms with Crippen LogP contribution in [0.4, 0.5) is 8.78 Å². The summed E-state index contributed by atoms with van der Waals surface area (Å²) in [5.74, 6) is 0.276. The van der Waals surface area contributed by atoms with Crippen LogP contribution >= 0.6 is 0 Å². The Kier molecular flexibility index (Phi) is 3.90. The van der Waals surface area contributed by atoms with Gasteiger partial charge in [0.25, 0.3) is 6.43 Å². The van der Waals surface area contributed by atoms with Gasteiger partial charge in [0, 0.05) is 0 Å². The molecule has 1 saturated carbocycles. The molecule has 2 rings (SSSR count). The van der Waals surface area contributed by atoms with Crippen LogP contribution in [0.2, 0.25) is 0 Å². The summed E-state index contributed by atoms with van der Waals surface area (Å²) in [6, 6.07) is 0. The Morgan fingerprint density at radius 1 is 1.39 bits per heavy atom. The Balaban J connectivity index is 2.14. The first-order chi connectivity index (χ1) is 8.44. The smallest absolute Gasteiger partial charge is 0.255 e. The second-order valence-corrected chi connectivity index (χ2v) is 5.93. The van der Waals surface area contributed by atoms with Crippen molar-refractivity contribution in [3.63, 3.8) is 0 Å². The minimum absolute atomic E-state index is 0.106. The molecular weight excluding hydrogens is 238 g/mol. The van der Waals surface area contributed by atoms with Gasteiger partial charge in [-0.2, -0.15) is 0 Å². The number of nitrogens with zero attached hydrogens (tertiary/aromatic N) is 1. The summed E-state index contributed by atoms with van der Waals surface area (Å²) >= 11 is 0. The zero-order chi connectivity index (χ0) is 13.3. The molecule has 1 saturated heterocycles. The maximum absolute atomic E-state index is 12.6. The minimum Gasteiger partial charge on any atom is -0.320 e. The lowest BCUT2D eigenvalue weighted by Gasteiger charge is -2.25. The summed E-state index contributed by atoms with van der Waals surface area (Å²) in [5.41, 5.74) is -0.533. The molecule has 2 aliphatic rings. The number of halogens is 2. The first-order valence-electron chi connectivity index (χ1n) is 6.81. The predicted molar refractivity (Wildman–Crippen MR) is 65.3 cm³/mol. The number of hydrogen-bond donors (Lipinski definition) is 1. The van der Waals surface area contributed by atoms with Crippen molar-refractivity contribution in [1.82, 2.24) is 10.2 Å². The zero-order valence-electron chi connectivity index (χ0n) is 11.1. The van der Waals surface area contributed by atoms with Crippen LogP contribution in [0.15, 0.2) is 0 Å². The number of rotatable bonds is 4. The third-order valence-electron chi connectivity index (χ3n) is 3.98. The number of amides is 1. The van der Waals surface area contributed by atoms with Crippen molar-refractivity contribution in [2.75, 3.05) is 6.54 Å². The molecule has 104 valence electrons. The fraction of sp³-hybridized carbons (Fsp3) is 0.923. The molecule has 0 aromatic carbocycles. The van der Waals surface area contributed by atoms with Gasteiger partial charge in [0.2, 0.25) is 5.91 Å². The van der Waals surface area contributed by atoms with Gasteiger partial charge in [0.15, 0.2) is 0 Å². The molecule has 5 heteroatoms. The van der Waals surface area contributed by atoms with Crippen molar-refractivity contribution in [3.05, 3.63) is 0 Å². The summed E-state index contributed by atoms with van der Waals surface area (Å²) < 4.78 is 25.2. The molecule has 1 heterocycles. The highest BCUT2D eigenvalue weighted by atomic mass is 19.3. The molecule has 0 aromatic heterocycles. The van der Waals surface area contributed by atoms with Gasteiger partial charge in [-0.05, 0) is 25.2 Å². The summed E-state index contributed by atoms with van der Waals surface area (Å²) in [6.07, 6.45) is 1.66. The van der Waals surface area contributed by atoms with Gasteiger partial charge in [0.05, 0.1) is 18.2 Å². The van der Waals surface area contributed by atoms with Crippen molar-refractivity contribution >= 4 is 5.91 Å². The standard InChI is InChI=1S/C13H22F2N2O/c1-9(2)7-11-16-13(5-3-4-6-13)12(18)17(11)8-10(14)15/h9-11,16H,3-8H2,1-2H3. The van der Waals surface area contributed by atoms with Crippen LogP contribution in [-0.2, 0) is 4.79 Å². The third kappa shape index (κ3) is 2.51. The molecule has 18 heavy (non-hydrogen) atoms. The van der Waals surface area contributed by atoms with Crippen molar-refractivity contribution in [2.24, 2.45) is 5.92 Å². The Morgan fingerprint density at radius 3 is 2.50 bits per heavy atom.